The van der Waals surface area contributed by atoms with E-state index in [-0.39, 0.29) is 24.0 Å². The molecule has 1 aromatic carbocycles. The molecule has 0 radical (unpaired) electrons. The number of aryl methyl sites for hydroxylation is 1. The molecule has 8 heteroatoms. The Labute approximate surface area is 191 Å². The SMILES string of the molecule is COCCCNC(=NCc1nnc(C)n1C)N1CCC(Cc2ccccc2)C1.I. The van der Waals surface area contributed by atoms with Crippen LogP contribution in [0, 0.1) is 12.8 Å². The van der Waals surface area contributed by atoms with Crippen LogP contribution in [0.2, 0.25) is 0 Å². The van der Waals surface area contributed by atoms with Crippen LogP contribution < -0.4 is 5.32 Å². The summed E-state index contributed by atoms with van der Waals surface area (Å²) in [6.45, 7) is 6.15. The van der Waals surface area contributed by atoms with E-state index in [1.54, 1.807) is 7.11 Å². The van der Waals surface area contributed by atoms with Crippen molar-refractivity contribution < 1.29 is 4.74 Å². The molecule has 0 bridgehead atoms. The van der Waals surface area contributed by atoms with Crippen molar-refractivity contribution in [2.45, 2.75) is 32.7 Å². The van der Waals surface area contributed by atoms with Gasteiger partial charge in [0.15, 0.2) is 11.8 Å². The molecule has 0 saturated carbocycles. The number of rotatable bonds is 8. The van der Waals surface area contributed by atoms with Crippen LogP contribution in [0.3, 0.4) is 0 Å². The Kier molecular flexibility index (Phi) is 9.86. The highest BCUT2D eigenvalue weighted by Gasteiger charge is 2.25. The van der Waals surface area contributed by atoms with Crippen LogP contribution in [0.25, 0.3) is 0 Å². The third-order valence-corrected chi connectivity index (χ3v) is 5.31. The lowest BCUT2D eigenvalue weighted by Crippen LogP contribution is -2.41. The molecule has 0 spiro atoms. The van der Waals surface area contributed by atoms with Crippen LogP contribution in [-0.4, -0.2) is 59.0 Å². The van der Waals surface area contributed by atoms with Gasteiger partial charge in [-0.1, -0.05) is 30.3 Å². The topological polar surface area (TPSA) is 67.6 Å². The smallest absolute Gasteiger partial charge is 0.194 e. The van der Waals surface area contributed by atoms with Gasteiger partial charge < -0.3 is 19.5 Å². The fraction of sp³-hybridized carbons (Fsp3) is 0.571. The average Bonchev–Trinajstić information content (AvgIpc) is 3.30. The maximum Gasteiger partial charge on any atom is 0.194 e. The Balaban J connectivity index is 0.00000300. The van der Waals surface area contributed by atoms with Gasteiger partial charge in [0.2, 0.25) is 0 Å². The second-order valence-corrected chi connectivity index (χ2v) is 7.43. The van der Waals surface area contributed by atoms with Crippen molar-refractivity contribution in [1.82, 2.24) is 25.0 Å². The molecule has 1 fully saturated rings. The van der Waals surface area contributed by atoms with Gasteiger partial charge in [0.25, 0.3) is 0 Å². The van der Waals surface area contributed by atoms with Crippen molar-refractivity contribution >= 4 is 29.9 Å². The fourth-order valence-electron chi connectivity index (χ4n) is 3.56. The number of hydrogen-bond donors (Lipinski definition) is 1. The minimum Gasteiger partial charge on any atom is -0.385 e. The Morgan fingerprint density at radius 1 is 1.28 bits per heavy atom. The summed E-state index contributed by atoms with van der Waals surface area (Å²) in [5.74, 6) is 3.41. The number of likely N-dealkylation sites (tertiary alicyclic amines) is 1. The summed E-state index contributed by atoms with van der Waals surface area (Å²) in [4.78, 5) is 7.24. The number of halogens is 1. The molecule has 3 rings (SSSR count). The summed E-state index contributed by atoms with van der Waals surface area (Å²) in [6, 6.07) is 10.8. The molecule has 2 aromatic rings. The molecule has 1 aliphatic rings. The highest BCUT2D eigenvalue weighted by molar-refractivity contribution is 14.0. The van der Waals surface area contributed by atoms with Crippen LogP contribution >= 0.6 is 24.0 Å². The zero-order chi connectivity index (χ0) is 19.8. The summed E-state index contributed by atoms with van der Waals surface area (Å²) in [5, 5.41) is 11.9. The van der Waals surface area contributed by atoms with Gasteiger partial charge in [0.05, 0.1) is 0 Å². The molecule has 1 unspecified atom stereocenters. The van der Waals surface area contributed by atoms with E-state index < -0.39 is 0 Å². The van der Waals surface area contributed by atoms with Crippen LogP contribution in [0.4, 0.5) is 0 Å². The molecule has 1 atom stereocenters. The molecule has 2 heterocycles. The molecule has 160 valence electrons. The van der Waals surface area contributed by atoms with Gasteiger partial charge in [-0.25, -0.2) is 4.99 Å². The number of nitrogens with one attached hydrogen (secondary N) is 1. The summed E-state index contributed by atoms with van der Waals surface area (Å²) < 4.78 is 7.16. The predicted octanol–water partition coefficient (Wildman–Crippen LogP) is 2.79. The molecule has 1 aromatic heterocycles. The van der Waals surface area contributed by atoms with Crippen LogP contribution in [0.5, 0.6) is 0 Å². The van der Waals surface area contributed by atoms with Crippen LogP contribution in [0.1, 0.15) is 30.1 Å². The number of hydrogen-bond acceptors (Lipinski definition) is 4. The lowest BCUT2D eigenvalue weighted by Gasteiger charge is -2.22. The van der Waals surface area contributed by atoms with Gasteiger partial charge >= 0.3 is 0 Å². The molecule has 1 saturated heterocycles. The van der Waals surface area contributed by atoms with Crippen LogP contribution in [-0.2, 0) is 24.8 Å². The average molecular weight is 512 g/mol. The first kappa shape index (κ1) is 23.6. The van der Waals surface area contributed by atoms with E-state index in [9.17, 15) is 0 Å². The van der Waals surface area contributed by atoms with E-state index in [2.05, 4.69) is 50.7 Å². The van der Waals surface area contributed by atoms with E-state index in [4.69, 9.17) is 9.73 Å². The predicted molar refractivity (Wildman–Crippen MR) is 127 cm³/mol. The number of nitrogens with zero attached hydrogens (tertiary/aromatic N) is 5. The molecule has 7 nitrogen and oxygen atoms in total. The van der Waals surface area contributed by atoms with E-state index >= 15 is 0 Å². The maximum absolute atomic E-state index is 5.17. The van der Waals surface area contributed by atoms with Gasteiger partial charge in [-0.05, 0) is 37.7 Å². The number of aliphatic imine (C=N–C) groups is 1. The monoisotopic (exact) mass is 512 g/mol. The van der Waals surface area contributed by atoms with Crippen molar-refractivity contribution in [1.29, 1.82) is 0 Å². The van der Waals surface area contributed by atoms with Gasteiger partial charge in [-0.2, -0.15) is 0 Å². The minimum absolute atomic E-state index is 0. The van der Waals surface area contributed by atoms with E-state index in [0.29, 0.717) is 12.5 Å². The molecular weight excluding hydrogens is 479 g/mol. The Morgan fingerprint density at radius 2 is 2.07 bits per heavy atom. The third kappa shape index (κ3) is 6.95. The number of methoxy groups -OCH3 is 1. The number of aromatic nitrogens is 3. The number of guanidine groups is 1. The Bertz CT molecular complexity index is 764. The van der Waals surface area contributed by atoms with Crippen molar-refractivity contribution in [3.05, 3.63) is 47.5 Å². The van der Waals surface area contributed by atoms with Gasteiger partial charge in [-0.3, -0.25) is 0 Å². The van der Waals surface area contributed by atoms with Gasteiger partial charge in [0.1, 0.15) is 12.4 Å². The largest absolute Gasteiger partial charge is 0.385 e. The molecular formula is C21H33IN6O. The summed E-state index contributed by atoms with van der Waals surface area (Å²) in [6.07, 6.45) is 3.27. The van der Waals surface area contributed by atoms with E-state index in [0.717, 1.165) is 56.7 Å². The molecule has 29 heavy (non-hydrogen) atoms. The van der Waals surface area contributed by atoms with Crippen LogP contribution in [0.15, 0.2) is 35.3 Å². The Hall–Kier alpha value is -1.68. The summed E-state index contributed by atoms with van der Waals surface area (Å²) in [7, 11) is 3.72. The van der Waals surface area contributed by atoms with Crippen molar-refractivity contribution in [2.24, 2.45) is 18.0 Å². The number of ether oxygens (including phenoxy) is 1. The second-order valence-electron chi connectivity index (χ2n) is 7.43. The first-order chi connectivity index (χ1) is 13.7. The second kappa shape index (κ2) is 12.1. The number of benzene rings is 1. The highest BCUT2D eigenvalue weighted by Crippen LogP contribution is 2.21. The quantitative estimate of drug-likeness (QED) is 0.255. The third-order valence-electron chi connectivity index (χ3n) is 5.31. The zero-order valence-corrected chi connectivity index (χ0v) is 20.0. The molecule has 1 aliphatic heterocycles. The van der Waals surface area contributed by atoms with E-state index in [1.807, 2.05) is 18.5 Å². The first-order valence-electron chi connectivity index (χ1n) is 10.1. The Morgan fingerprint density at radius 3 is 2.76 bits per heavy atom. The summed E-state index contributed by atoms with van der Waals surface area (Å²) in [5.41, 5.74) is 1.41. The van der Waals surface area contributed by atoms with Crippen molar-refractivity contribution in [2.75, 3.05) is 33.4 Å². The normalized spacial score (nSPS) is 16.7. The van der Waals surface area contributed by atoms with Gasteiger partial charge in [-0.15, -0.1) is 34.2 Å². The molecule has 0 aliphatic carbocycles. The molecule has 1 N–H and O–H groups in total. The lowest BCUT2D eigenvalue weighted by molar-refractivity contribution is 0.195. The minimum atomic E-state index is 0. The zero-order valence-electron chi connectivity index (χ0n) is 17.7. The lowest BCUT2D eigenvalue weighted by atomic mass is 9.99. The maximum atomic E-state index is 5.17. The first-order valence-corrected chi connectivity index (χ1v) is 10.1. The van der Waals surface area contributed by atoms with Crippen molar-refractivity contribution in [3.8, 4) is 0 Å². The molecule has 0 amide bonds. The van der Waals surface area contributed by atoms with Crippen molar-refractivity contribution in [3.63, 3.8) is 0 Å². The highest BCUT2D eigenvalue weighted by atomic mass is 127. The standard InChI is InChI=1S/C21H32N6O.HI/c1-17-24-25-20(26(17)2)15-23-21(22-11-7-13-28-3)27-12-10-19(16-27)14-18-8-5-4-6-9-18;/h4-6,8-9,19H,7,10-16H2,1-3H3,(H,22,23);1H. The van der Waals surface area contributed by atoms with Gasteiger partial charge in [0, 0.05) is 40.4 Å². The summed E-state index contributed by atoms with van der Waals surface area (Å²) >= 11 is 0. The van der Waals surface area contributed by atoms with E-state index in [1.165, 1.54) is 12.0 Å². The fourth-order valence-corrected chi connectivity index (χ4v) is 3.56.